The molecule has 3 N–H and O–H groups in total. The highest BCUT2D eigenvalue weighted by Crippen LogP contribution is 2.28. The molecule has 21 heavy (non-hydrogen) atoms. The summed E-state index contributed by atoms with van der Waals surface area (Å²) in [6.45, 7) is 0.670. The maximum atomic E-state index is 12.3. The summed E-state index contributed by atoms with van der Waals surface area (Å²) in [5, 5.41) is 2.81. The topological polar surface area (TPSA) is 73.6 Å². The molecule has 5 nitrogen and oxygen atoms in total. The number of nitrogens with two attached hydrogens (primary N) is 1. The molecule has 2 aromatic rings. The zero-order valence-corrected chi connectivity index (χ0v) is 11.7. The Morgan fingerprint density at radius 2 is 2.14 bits per heavy atom. The average molecular weight is 284 g/mol. The standard InChI is InChI=1S/C16H16N2O3/c1-20-12-3-4-13(17)14(9-12)18-16(19)11-2-5-15-10(8-11)6-7-21-15/h2-5,8-9H,6-7,17H2,1H3,(H,18,19). The van der Waals surface area contributed by atoms with Crippen LogP contribution in [0.1, 0.15) is 15.9 Å². The van der Waals surface area contributed by atoms with Gasteiger partial charge in [-0.2, -0.15) is 0 Å². The lowest BCUT2D eigenvalue weighted by Gasteiger charge is -2.10. The Morgan fingerprint density at radius 3 is 2.95 bits per heavy atom. The molecule has 0 radical (unpaired) electrons. The van der Waals surface area contributed by atoms with E-state index < -0.39 is 0 Å². The van der Waals surface area contributed by atoms with Gasteiger partial charge < -0.3 is 20.5 Å². The van der Waals surface area contributed by atoms with E-state index in [1.807, 2.05) is 12.1 Å². The molecule has 0 fully saturated rings. The average Bonchev–Trinajstić information content (AvgIpc) is 2.96. The molecular formula is C16H16N2O3. The highest BCUT2D eigenvalue weighted by atomic mass is 16.5. The maximum absolute atomic E-state index is 12.3. The summed E-state index contributed by atoms with van der Waals surface area (Å²) in [5.74, 6) is 1.29. The minimum atomic E-state index is -0.204. The second-order valence-corrected chi connectivity index (χ2v) is 4.83. The monoisotopic (exact) mass is 284 g/mol. The molecule has 0 atom stereocenters. The molecule has 0 bridgehead atoms. The normalized spacial score (nSPS) is 12.4. The van der Waals surface area contributed by atoms with Crippen LogP contribution in [0.5, 0.6) is 11.5 Å². The van der Waals surface area contributed by atoms with Crippen molar-refractivity contribution in [1.82, 2.24) is 0 Å². The quantitative estimate of drug-likeness (QED) is 0.849. The summed E-state index contributed by atoms with van der Waals surface area (Å²) in [5.41, 5.74) is 8.54. The predicted octanol–water partition coefficient (Wildman–Crippen LogP) is 2.46. The number of ether oxygens (including phenoxy) is 2. The summed E-state index contributed by atoms with van der Waals surface area (Å²) in [6, 6.07) is 10.6. The van der Waals surface area contributed by atoms with Crippen LogP contribution in [-0.4, -0.2) is 19.6 Å². The highest BCUT2D eigenvalue weighted by molar-refractivity contribution is 6.06. The zero-order valence-electron chi connectivity index (χ0n) is 11.7. The lowest BCUT2D eigenvalue weighted by Crippen LogP contribution is -2.13. The number of anilines is 2. The van der Waals surface area contributed by atoms with Gasteiger partial charge in [-0.15, -0.1) is 0 Å². The van der Waals surface area contributed by atoms with E-state index in [-0.39, 0.29) is 5.91 Å². The van der Waals surface area contributed by atoms with Gasteiger partial charge in [-0.1, -0.05) is 0 Å². The predicted molar refractivity (Wildman–Crippen MR) is 81.0 cm³/mol. The molecule has 1 aliphatic heterocycles. The van der Waals surface area contributed by atoms with E-state index in [2.05, 4.69) is 5.32 Å². The number of nitrogens with one attached hydrogen (secondary N) is 1. The minimum Gasteiger partial charge on any atom is -0.497 e. The number of fused-ring (bicyclic) bond motifs is 1. The van der Waals surface area contributed by atoms with Crippen molar-refractivity contribution < 1.29 is 14.3 Å². The Morgan fingerprint density at radius 1 is 1.29 bits per heavy atom. The van der Waals surface area contributed by atoms with Gasteiger partial charge >= 0.3 is 0 Å². The molecule has 5 heteroatoms. The van der Waals surface area contributed by atoms with Gasteiger partial charge in [-0.25, -0.2) is 0 Å². The van der Waals surface area contributed by atoms with Crippen molar-refractivity contribution in [3.63, 3.8) is 0 Å². The number of benzene rings is 2. The van der Waals surface area contributed by atoms with Gasteiger partial charge in [0.05, 0.1) is 25.1 Å². The van der Waals surface area contributed by atoms with Crippen molar-refractivity contribution >= 4 is 17.3 Å². The number of rotatable bonds is 3. The molecule has 108 valence electrons. The minimum absolute atomic E-state index is 0.204. The van der Waals surface area contributed by atoms with Crippen LogP contribution in [0.3, 0.4) is 0 Å². The van der Waals surface area contributed by atoms with Crippen LogP contribution in [-0.2, 0) is 6.42 Å². The summed E-state index contributed by atoms with van der Waals surface area (Å²) >= 11 is 0. The first-order chi connectivity index (χ1) is 10.2. The number of carbonyl (C=O) groups is 1. The van der Waals surface area contributed by atoms with Crippen LogP contribution in [0, 0.1) is 0 Å². The third-order valence-corrected chi connectivity index (χ3v) is 3.46. The smallest absolute Gasteiger partial charge is 0.255 e. The van der Waals surface area contributed by atoms with Gasteiger partial charge in [0.15, 0.2) is 0 Å². The van der Waals surface area contributed by atoms with Crippen LogP contribution in [0.25, 0.3) is 0 Å². The maximum Gasteiger partial charge on any atom is 0.255 e. The Labute approximate surface area is 122 Å². The Hall–Kier alpha value is -2.69. The van der Waals surface area contributed by atoms with Gasteiger partial charge in [-0.05, 0) is 35.9 Å². The van der Waals surface area contributed by atoms with Crippen molar-refractivity contribution in [2.75, 3.05) is 24.8 Å². The van der Waals surface area contributed by atoms with E-state index in [4.69, 9.17) is 15.2 Å². The third-order valence-electron chi connectivity index (χ3n) is 3.46. The van der Waals surface area contributed by atoms with Crippen LogP contribution in [0.4, 0.5) is 11.4 Å². The number of methoxy groups -OCH3 is 1. The molecule has 3 rings (SSSR count). The molecule has 0 saturated heterocycles. The second-order valence-electron chi connectivity index (χ2n) is 4.83. The van der Waals surface area contributed by atoms with E-state index in [0.717, 1.165) is 17.7 Å². The fourth-order valence-electron chi connectivity index (χ4n) is 2.29. The lowest BCUT2D eigenvalue weighted by atomic mass is 10.1. The van der Waals surface area contributed by atoms with Crippen molar-refractivity contribution in [2.45, 2.75) is 6.42 Å². The van der Waals surface area contributed by atoms with E-state index in [1.54, 1.807) is 31.4 Å². The fourth-order valence-corrected chi connectivity index (χ4v) is 2.29. The molecule has 0 aromatic heterocycles. The summed E-state index contributed by atoms with van der Waals surface area (Å²) in [7, 11) is 1.57. The van der Waals surface area contributed by atoms with Crippen molar-refractivity contribution in [3.8, 4) is 11.5 Å². The van der Waals surface area contributed by atoms with Crippen LogP contribution in [0.15, 0.2) is 36.4 Å². The number of nitrogen functional groups attached to an aromatic ring is 1. The van der Waals surface area contributed by atoms with Crippen LogP contribution < -0.4 is 20.5 Å². The fraction of sp³-hybridized carbons (Fsp3) is 0.188. The molecular weight excluding hydrogens is 268 g/mol. The first-order valence-electron chi connectivity index (χ1n) is 6.68. The van der Waals surface area contributed by atoms with E-state index in [0.29, 0.717) is 29.3 Å². The molecule has 0 saturated carbocycles. The first-order valence-corrected chi connectivity index (χ1v) is 6.68. The molecule has 1 aliphatic rings. The molecule has 0 unspecified atom stereocenters. The largest absolute Gasteiger partial charge is 0.497 e. The van der Waals surface area contributed by atoms with Crippen molar-refractivity contribution in [3.05, 3.63) is 47.5 Å². The number of hydrogen-bond acceptors (Lipinski definition) is 4. The molecule has 1 heterocycles. The molecule has 0 aliphatic carbocycles. The number of carbonyl (C=O) groups excluding carboxylic acids is 1. The van der Waals surface area contributed by atoms with Gasteiger partial charge in [0.25, 0.3) is 5.91 Å². The third kappa shape index (κ3) is 2.63. The molecule has 2 aromatic carbocycles. The van der Waals surface area contributed by atoms with E-state index >= 15 is 0 Å². The summed E-state index contributed by atoms with van der Waals surface area (Å²) in [6.07, 6.45) is 0.831. The molecule has 1 amide bonds. The van der Waals surface area contributed by atoms with Gasteiger partial charge in [-0.3, -0.25) is 4.79 Å². The summed E-state index contributed by atoms with van der Waals surface area (Å²) in [4.78, 5) is 12.3. The zero-order chi connectivity index (χ0) is 14.8. The van der Waals surface area contributed by atoms with E-state index in [9.17, 15) is 4.79 Å². The summed E-state index contributed by atoms with van der Waals surface area (Å²) < 4.78 is 10.6. The van der Waals surface area contributed by atoms with E-state index in [1.165, 1.54) is 0 Å². The second kappa shape index (κ2) is 5.36. The van der Waals surface area contributed by atoms with Gasteiger partial charge in [0.1, 0.15) is 11.5 Å². The lowest BCUT2D eigenvalue weighted by molar-refractivity contribution is 0.102. The number of amides is 1. The van der Waals surface area contributed by atoms with Crippen LogP contribution >= 0.6 is 0 Å². The number of hydrogen-bond donors (Lipinski definition) is 2. The highest BCUT2D eigenvalue weighted by Gasteiger charge is 2.15. The Balaban J connectivity index is 1.83. The van der Waals surface area contributed by atoms with Crippen LogP contribution in [0.2, 0.25) is 0 Å². The SMILES string of the molecule is COc1ccc(N)c(NC(=O)c2ccc3c(c2)CCO3)c1. The van der Waals surface area contributed by atoms with Crippen molar-refractivity contribution in [1.29, 1.82) is 0 Å². The Bertz CT molecular complexity index is 698. The van der Waals surface area contributed by atoms with Crippen molar-refractivity contribution in [2.24, 2.45) is 0 Å². The Kier molecular flexibility index (Phi) is 3.39. The molecule has 0 spiro atoms. The first kappa shape index (κ1) is 13.3. The van der Waals surface area contributed by atoms with Gasteiger partial charge in [0.2, 0.25) is 0 Å². The van der Waals surface area contributed by atoms with Gasteiger partial charge in [0, 0.05) is 18.1 Å².